The summed E-state index contributed by atoms with van der Waals surface area (Å²) in [6.45, 7) is 0. The molecule has 0 atom stereocenters. The molecule has 1 fully saturated rings. The van der Waals surface area contributed by atoms with Gasteiger partial charge in [0.2, 0.25) is 0 Å². The molecule has 0 saturated heterocycles. The number of halogens is 2. The van der Waals surface area contributed by atoms with Crippen LogP contribution in [-0.2, 0) is 5.41 Å². The first-order chi connectivity index (χ1) is 9.44. The van der Waals surface area contributed by atoms with E-state index in [-0.39, 0.29) is 5.41 Å². The Morgan fingerprint density at radius 1 is 1.25 bits per heavy atom. The number of anilines is 2. The van der Waals surface area contributed by atoms with Crippen LogP contribution in [0.1, 0.15) is 24.2 Å². The van der Waals surface area contributed by atoms with Crippen LogP contribution in [0.5, 0.6) is 0 Å². The maximum Gasteiger partial charge on any atom is 0.323 e. The molecule has 106 valence electrons. The minimum atomic E-state index is -0.348. The molecule has 1 saturated carbocycles. The van der Waals surface area contributed by atoms with Gasteiger partial charge in [0.05, 0.1) is 5.41 Å². The van der Waals surface area contributed by atoms with Crippen LogP contribution in [0.3, 0.4) is 0 Å². The maximum atomic E-state index is 6.32. The Bertz CT molecular complexity index is 641. The van der Waals surface area contributed by atoms with Gasteiger partial charge < -0.3 is 15.2 Å². The summed E-state index contributed by atoms with van der Waals surface area (Å²) in [6, 6.07) is 3.87. The van der Waals surface area contributed by atoms with Gasteiger partial charge in [0.15, 0.2) is 5.82 Å². The lowest BCUT2D eigenvalue weighted by atomic mass is 9.94. The van der Waals surface area contributed by atoms with Gasteiger partial charge in [-0.05, 0) is 25.0 Å². The van der Waals surface area contributed by atoms with Crippen molar-refractivity contribution < 1.29 is 4.52 Å². The molecule has 0 amide bonds. The predicted octanol–water partition coefficient (Wildman–Crippen LogP) is 3.10. The Labute approximate surface area is 126 Å². The fourth-order valence-electron chi connectivity index (χ4n) is 2.35. The standard InChI is InChI=1S/C13H14Cl2N4O/c1-19(2)12-17-11(18-20-12)13(3-4-13)10-8(14)5-7(16)6-9(10)15/h5-6H,3-4,16H2,1-2H3. The van der Waals surface area contributed by atoms with E-state index in [1.807, 2.05) is 14.1 Å². The van der Waals surface area contributed by atoms with Gasteiger partial charge in [0.1, 0.15) is 0 Å². The fraction of sp³-hybridized carbons (Fsp3) is 0.385. The highest BCUT2D eigenvalue weighted by atomic mass is 35.5. The van der Waals surface area contributed by atoms with E-state index < -0.39 is 0 Å². The molecule has 3 rings (SSSR count). The van der Waals surface area contributed by atoms with Crippen LogP contribution < -0.4 is 10.6 Å². The number of benzene rings is 1. The van der Waals surface area contributed by atoms with Crippen molar-refractivity contribution in [3.8, 4) is 0 Å². The average Bonchev–Trinajstić information content (AvgIpc) is 2.97. The molecule has 0 spiro atoms. The molecule has 0 aliphatic heterocycles. The van der Waals surface area contributed by atoms with Crippen LogP contribution in [0.25, 0.3) is 0 Å². The van der Waals surface area contributed by atoms with Crippen LogP contribution in [0.4, 0.5) is 11.7 Å². The minimum absolute atomic E-state index is 0.348. The molecule has 2 aromatic rings. The van der Waals surface area contributed by atoms with Crippen molar-refractivity contribution >= 4 is 34.9 Å². The van der Waals surface area contributed by atoms with Crippen molar-refractivity contribution in [2.75, 3.05) is 24.7 Å². The molecule has 1 aromatic carbocycles. The number of hydrogen-bond donors (Lipinski definition) is 1. The minimum Gasteiger partial charge on any atom is -0.399 e. The van der Waals surface area contributed by atoms with E-state index in [9.17, 15) is 0 Å². The molecule has 0 radical (unpaired) electrons. The van der Waals surface area contributed by atoms with Crippen LogP contribution in [0.2, 0.25) is 10.0 Å². The van der Waals surface area contributed by atoms with Crippen molar-refractivity contribution in [2.45, 2.75) is 18.3 Å². The summed E-state index contributed by atoms with van der Waals surface area (Å²) in [4.78, 5) is 6.19. The number of nitrogens with zero attached hydrogens (tertiary/aromatic N) is 3. The predicted molar refractivity (Wildman–Crippen MR) is 79.5 cm³/mol. The van der Waals surface area contributed by atoms with Gasteiger partial charge in [0.25, 0.3) is 0 Å². The molecule has 20 heavy (non-hydrogen) atoms. The van der Waals surface area contributed by atoms with E-state index in [4.69, 9.17) is 33.5 Å². The third-order valence-electron chi connectivity index (χ3n) is 3.52. The number of nitrogens with two attached hydrogens (primary N) is 1. The Morgan fingerprint density at radius 3 is 2.30 bits per heavy atom. The summed E-state index contributed by atoms with van der Waals surface area (Å²) >= 11 is 12.6. The molecule has 2 N–H and O–H groups in total. The zero-order chi connectivity index (χ0) is 14.5. The highest BCUT2D eigenvalue weighted by molar-refractivity contribution is 6.36. The number of aromatic nitrogens is 2. The highest BCUT2D eigenvalue weighted by Crippen LogP contribution is 2.56. The molecule has 0 unspecified atom stereocenters. The smallest absolute Gasteiger partial charge is 0.323 e. The van der Waals surface area contributed by atoms with Crippen LogP contribution in [-0.4, -0.2) is 24.2 Å². The van der Waals surface area contributed by atoms with Gasteiger partial charge in [0, 0.05) is 35.4 Å². The van der Waals surface area contributed by atoms with Gasteiger partial charge in [-0.3, -0.25) is 0 Å². The monoisotopic (exact) mass is 312 g/mol. The summed E-state index contributed by atoms with van der Waals surface area (Å²) in [5.41, 5.74) is 6.78. The zero-order valence-electron chi connectivity index (χ0n) is 11.2. The van der Waals surface area contributed by atoms with Crippen molar-refractivity contribution in [1.29, 1.82) is 0 Å². The topological polar surface area (TPSA) is 68.2 Å². The lowest BCUT2D eigenvalue weighted by molar-refractivity contribution is 0.410. The Kier molecular flexibility index (Phi) is 3.06. The number of rotatable bonds is 3. The van der Waals surface area contributed by atoms with Gasteiger partial charge in [-0.25, -0.2) is 0 Å². The molecule has 5 nitrogen and oxygen atoms in total. The summed E-state index contributed by atoms with van der Waals surface area (Å²) < 4.78 is 5.23. The van der Waals surface area contributed by atoms with Crippen molar-refractivity contribution in [2.24, 2.45) is 0 Å². The SMILES string of the molecule is CN(C)c1nc(C2(c3c(Cl)cc(N)cc3Cl)CC2)no1. The molecular weight excluding hydrogens is 299 g/mol. The Balaban J connectivity index is 2.09. The molecule has 1 aliphatic rings. The third-order valence-corrected chi connectivity index (χ3v) is 4.12. The molecule has 1 aromatic heterocycles. The lowest BCUT2D eigenvalue weighted by Crippen LogP contribution is -2.14. The normalized spacial score (nSPS) is 16.2. The Hall–Kier alpha value is -1.46. The molecule has 1 heterocycles. The third kappa shape index (κ3) is 2.01. The second-order valence-corrected chi connectivity index (χ2v) is 6.05. The van der Waals surface area contributed by atoms with E-state index in [1.165, 1.54) is 0 Å². The van der Waals surface area contributed by atoms with Crippen LogP contribution >= 0.6 is 23.2 Å². The van der Waals surface area contributed by atoms with E-state index in [0.29, 0.717) is 27.6 Å². The van der Waals surface area contributed by atoms with Crippen molar-refractivity contribution in [3.63, 3.8) is 0 Å². The van der Waals surface area contributed by atoms with Crippen LogP contribution in [0, 0.1) is 0 Å². The fourth-order valence-corrected chi connectivity index (χ4v) is 3.22. The lowest BCUT2D eigenvalue weighted by Gasteiger charge is -2.15. The second-order valence-electron chi connectivity index (χ2n) is 5.24. The zero-order valence-corrected chi connectivity index (χ0v) is 12.7. The molecule has 1 aliphatic carbocycles. The second kappa shape index (κ2) is 4.53. The number of nitrogen functional groups attached to an aromatic ring is 1. The van der Waals surface area contributed by atoms with Gasteiger partial charge >= 0.3 is 6.01 Å². The summed E-state index contributed by atoms with van der Waals surface area (Å²) in [7, 11) is 3.69. The average molecular weight is 313 g/mol. The quantitative estimate of drug-likeness (QED) is 0.882. The Morgan fingerprint density at radius 2 is 1.85 bits per heavy atom. The molecule has 7 heteroatoms. The molecular formula is C13H14Cl2N4O. The highest BCUT2D eigenvalue weighted by Gasteiger charge is 2.52. The van der Waals surface area contributed by atoms with E-state index in [1.54, 1.807) is 17.0 Å². The summed E-state index contributed by atoms with van der Waals surface area (Å²) in [5.74, 6) is 0.620. The first-order valence-corrected chi connectivity index (χ1v) is 6.96. The van der Waals surface area contributed by atoms with Crippen molar-refractivity contribution in [3.05, 3.63) is 33.6 Å². The van der Waals surface area contributed by atoms with Gasteiger partial charge in [-0.1, -0.05) is 28.4 Å². The van der Waals surface area contributed by atoms with Crippen molar-refractivity contribution in [1.82, 2.24) is 10.1 Å². The van der Waals surface area contributed by atoms with E-state index in [0.717, 1.165) is 18.4 Å². The number of hydrogen-bond acceptors (Lipinski definition) is 5. The van der Waals surface area contributed by atoms with Gasteiger partial charge in [-0.15, -0.1) is 0 Å². The first kappa shape index (κ1) is 13.5. The van der Waals surface area contributed by atoms with E-state index >= 15 is 0 Å². The summed E-state index contributed by atoms with van der Waals surface area (Å²) in [6.07, 6.45) is 1.78. The molecule has 0 bridgehead atoms. The van der Waals surface area contributed by atoms with Gasteiger partial charge in [-0.2, -0.15) is 4.98 Å². The summed E-state index contributed by atoms with van der Waals surface area (Å²) in [5, 5.41) is 5.17. The maximum absolute atomic E-state index is 6.32. The van der Waals surface area contributed by atoms with E-state index in [2.05, 4.69) is 10.1 Å². The first-order valence-electron chi connectivity index (χ1n) is 6.20. The van der Waals surface area contributed by atoms with Crippen LogP contribution in [0.15, 0.2) is 16.7 Å². The largest absolute Gasteiger partial charge is 0.399 e.